The van der Waals surface area contributed by atoms with Gasteiger partial charge in [-0.2, -0.15) is 0 Å². The first-order valence-electron chi connectivity index (χ1n) is 4.59. The molecule has 1 aliphatic rings. The first-order valence-corrected chi connectivity index (χ1v) is 4.59. The lowest BCUT2D eigenvalue weighted by molar-refractivity contribution is -0.386. The molecule has 5 heteroatoms. The highest BCUT2D eigenvalue weighted by Crippen LogP contribution is 2.38. The number of methoxy groups -OCH3 is 1. The maximum absolute atomic E-state index is 10.8. The van der Waals surface area contributed by atoms with Crippen LogP contribution in [-0.2, 0) is 11.2 Å². The van der Waals surface area contributed by atoms with Gasteiger partial charge in [0, 0.05) is 25.2 Å². The molecule has 0 aliphatic carbocycles. The van der Waals surface area contributed by atoms with Crippen LogP contribution in [0, 0.1) is 17.0 Å². The molecule has 80 valence electrons. The molecule has 5 nitrogen and oxygen atoms in total. The summed E-state index contributed by atoms with van der Waals surface area (Å²) in [5.41, 5.74) is 1.72. The lowest BCUT2D eigenvalue weighted by Crippen LogP contribution is -2.14. The minimum absolute atomic E-state index is 0.0181. The highest BCUT2D eigenvalue weighted by Gasteiger charge is 2.30. The summed E-state index contributed by atoms with van der Waals surface area (Å²) in [6, 6.07) is 3.40. The van der Waals surface area contributed by atoms with E-state index in [9.17, 15) is 10.1 Å². The Balaban J connectivity index is 2.48. The third-order valence-corrected chi connectivity index (χ3v) is 2.39. The Morgan fingerprint density at radius 1 is 1.60 bits per heavy atom. The number of aryl methyl sites for hydroxylation is 1. The summed E-state index contributed by atoms with van der Waals surface area (Å²) in [7, 11) is 1.52. The second-order valence-corrected chi connectivity index (χ2v) is 3.52. The van der Waals surface area contributed by atoms with Crippen LogP contribution in [0.15, 0.2) is 12.1 Å². The summed E-state index contributed by atoms with van der Waals surface area (Å²) in [6.45, 7) is 1.83. The van der Waals surface area contributed by atoms with Crippen molar-refractivity contribution in [3.63, 3.8) is 0 Å². The lowest BCUT2D eigenvalue weighted by atomic mass is 10.1. The van der Waals surface area contributed by atoms with Crippen molar-refractivity contribution in [3.05, 3.63) is 33.4 Å². The molecule has 1 aromatic rings. The molecule has 0 fully saturated rings. The third-order valence-electron chi connectivity index (χ3n) is 2.39. The molecule has 1 heterocycles. The first-order chi connectivity index (χ1) is 7.11. The molecule has 1 aliphatic heterocycles. The molecule has 1 unspecified atom stereocenters. The molecule has 0 spiro atoms. The van der Waals surface area contributed by atoms with Crippen LogP contribution in [-0.4, -0.2) is 18.3 Å². The van der Waals surface area contributed by atoms with Crippen LogP contribution in [0.2, 0.25) is 0 Å². The SMILES string of the molecule is COC1Cc2cc(C)cc([N+](=O)[O-])c2O1. The maximum Gasteiger partial charge on any atom is 0.311 e. The topological polar surface area (TPSA) is 61.6 Å². The molecule has 0 saturated carbocycles. The van der Waals surface area contributed by atoms with Gasteiger partial charge in [-0.1, -0.05) is 6.07 Å². The van der Waals surface area contributed by atoms with Gasteiger partial charge < -0.3 is 9.47 Å². The Labute approximate surface area is 86.8 Å². The Bertz CT molecular complexity index is 416. The second-order valence-electron chi connectivity index (χ2n) is 3.52. The average molecular weight is 209 g/mol. The quantitative estimate of drug-likeness (QED) is 0.550. The molecule has 0 bridgehead atoms. The summed E-state index contributed by atoms with van der Waals surface area (Å²) in [5.74, 6) is 0.345. The number of nitrogens with zero attached hydrogens (tertiary/aromatic N) is 1. The van der Waals surface area contributed by atoms with Crippen molar-refractivity contribution >= 4 is 5.69 Å². The normalized spacial score (nSPS) is 18.4. The van der Waals surface area contributed by atoms with E-state index < -0.39 is 11.2 Å². The van der Waals surface area contributed by atoms with Crippen LogP contribution < -0.4 is 4.74 Å². The molecule has 1 atom stereocenters. The minimum Gasteiger partial charge on any atom is -0.457 e. The van der Waals surface area contributed by atoms with E-state index in [1.54, 1.807) is 0 Å². The van der Waals surface area contributed by atoms with Crippen molar-refractivity contribution in [2.45, 2.75) is 19.6 Å². The van der Waals surface area contributed by atoms with Crippen LogP contribution in [0.25, 0.3) is 0 Å². The van der Waals surface area contributed by atoms with Crippen LogP contribution in [0.3, 0.4) is 0 Å². The number of ether oxygens (including phenoxy) is 2. The van der Waals surface area contributed by atoms with Crippen LogP contribution in [0.4, 0.5) is 5.69 Å². The monoisotopic (exact) mass is 209 g/mol. The van der Waals surface area contributed by atoms with Gasteiger partial charge in [-0.25, -0.2) is 0 Å². The molecule has 0 amide bonds. The predicted molar refractivity (Wildman–Crippen MR) is 53.0 cm³/mol. The number of rotatable bonds is 2. The number of fused-ring (bicyclic) bond motifs is 1. The van der Waals surface area contributed by atoms with Crippen molar-refractivity contribution in [3.8, 4) is 5.75 Å². The van der Waals surface area contributed by atoms with Crippen molar-refractivity contribution < 1.29 is 14.4 Å². The van der Waals surface area contributed by atoms with Gasteiger partial charge in [0.2, 0.25) is 12.0 Å². The van der Waals surface area contributed by atoms with Crippen molar-refractivity contribution in [1.29, 1.82) is 0 Å². The number of nitro groups is 1. The molecule has 0 saturated heterocycles. The zero-order chi connectivity index (χ0) is 11.0. The van der Waals surface area contributed by atoms with Crippen molar-refractivity contribution in [2.75, 3.05) is 7.11 Å². The summed E-state index contributed by atoms with van der Waals surface area (Å²) in [6.07, 6.45) is 0.162. The molecule has 0 aromatic heterocycles. The maximum atomic E-state index is 10.8. The van der Waals surface area contributed by atoms with Gasteiger partial charge in [0.1, 0.15) is 0 Å². The van der Waals surface area contributed by atoms with Crippen LogP contribution in [0.5, 0.6) is 5.75 Å². The van der Waals surface area contributed by atoms with Crippen LogP contribution in [0.1, 0.15) is 11.1 Å². The fraction of sp³-hybridized carbons (Fsp3) is 0.400. The number of nitro benzene ring substituents is 1. The summed E-state index contributed by atoms with van der Waals surface area (Å²) < 4.78 is 10.4. The van der Waals surface area contributed by atoms with Gasteiger partial charge >= 0.3 is 5.69 Å². The van der Waals surface area contributed by atoms with E-state index in [-0.39, 0.29) is 5.69 Å². The largest absolute Gasteiger partial charge is 0.457 e. The smallest absolute Gasteiger partial charge is 0.311 e. The molecule has 15 heavy (non-hydrogen) atoms. The second kappa shape index (κ2) is 3.51. The van der Waals surface area contributed by atoms with E-state index in [1.165, 1.54) is 13.2 Å². The Hall–Kier alpha value is -1.62. The van der Waals surface area contributed by atoms with Gasteiger partial charge in [0.25, 0.3) is 0 Å². The molecular weight excluding hydrogens is 198 g/mol. The fourth-order valence-electron chi connectivity index (χ4n) is 1.74. The average Bonchev–Trinajstić information content (AvgIpc) is 2.58. The molecule has 2 rings (SSSR count). The summed E-state index contributed by atoms with van der Waals surface area (Å²) in [5, 5.41) is 10.8. The van der Waals surface area contributed by atoms with Gasteiger partial charge in [0.05, 0.1) is 4.92 Å². The molecule has 0 radical (unpaired) electrons. The van der Waals surface area contributed by atoms with E-state index >= 15 is 0 Å². The number of benzene rings is 1. The third kappa shape index (κ3) is 1.66. The highest BCUT2D eigenvalue weighted by molar-refractivity contribution is 5.56. The Morgan fingerprint density at radius 2 is 2.33 bits per heavy atom. The van der Waals surface area contributed by atoms with Crippen molar-refractivity contribution in [1.82, 2.24) is 0 Å². The van der Waals surface area contributed by atoms with E-state index in [4.69, 9.17) is 9.47 Å². The Kier molecular flexibility index (Phi) is 2.32. The van der Waals surface area contributed by atoms with Gasteiger partial charge in [-0.05, 0) is 12.5 Å². The zero-order valence-electron chi connectivity index (χ0n) is 8.52. The van der Waals surface area contributed by atoms with E-state index in [0.29, 0.717) is 12.2 Å². The fourth-order valence-corrected chi connectivity index (χ4v) is 1.74. The zero-order valence-corrected chi connectivity index (χ0v) is 8.52. The first kappa shape index (κ1) is 9.92. The minimum atomic E-state index is -0.427. The standard InChI is InChI=1S/C10H11NO4/c1-6-3-7-5-9(14-2)15-10(7)8(4-6)11(12)13/h3-4,9H,5H2,1-2H3. The van der Waals surface area contributed by atoms with Gasteiger partial charge in [-0.15, -0.1) is 0 Å². The summed E-state index contributed by atoms with van der Waals surface area (Å²) >= 11 is 0. The van der Waals surface area contributed by atoms with E-state index in [0.717, 1.165) is 11.1 Å². The van der Waals surface area contributed by atoms with Gasteiger partial charge in [0.15, 0.2) is 0 Å². The summed E-state index contributed by atoms with van der Waals surface area (Å²) in [4.78, 5) is 10.4. The lowest BCUT2D eigenvalue weighted by Gasteiger charge is -2.06. The van der Waals surface area contributed by atoms with E-state index in [2.05, 4.69) is 0 Å². The Morgan fingerprint density at radius 3 is 2.93 bits per heavy atom. The predicted octanol–water partition coefficient (Wildman–Crippen LogP) is 1.81. The molecular formula is C10H11NO4. The van der Waals surface area contributed by atoms with Gasteiger partial charge in [-0.3, -0.25) is 10.1 Å². The van der Waals surface area contributed by atoms with E-state index in [1.807, 2.05) is 13.0 Å². The molecule has 0 N–H and O–H groups in total. The number of hydrogen-bond acceptors (Lipinski definition) is 4. The molecule has 1 aromatic carbocycles. The highest BCUT2D eigenvalue weighted by atomic mass is 16.7. The van der Waals surface area contributed by atoms with Crippen molar-refractivity contribution in [2.24, 2.45) is 0 Å². The van der Waals surface area contributed by atoms with Crippen LogP contribution >= 0.6 is 0 Å². The number of hydrogen-bond donors (Lipinski definition) is 0.